The van der Waals surface area contributed by atoms with E-state index >= 15 is 0 Å². The van der Waals surface area contributed by atoms with Crippen molar-refractivity contribution >= 4 is 46.4 Å². The van der Waals surface area contributed by atoms with Crippen LogP contribution in [0.2, 0.25) is 0 Å². The number of H-pyrrole nitrogens is 2. The third-order valence-electron chi connectivity index (χ3n) is 6.60. The number of fused-ring (bicyclic) bond motifs is 8. The summed E-state index contributed by atoms with van der Waals surface area (Å²) in [5.41, 5.74) is 13.7. The quantitative estimate of drug-likeness (QED) is 0.208. The van der Waals surface area contributed by atoms with E-state index in [9.17, 15) is 0 Å². The summed E-state index contributed by atoms with van der Waals surface area (Å²) in [5.74, 6) is 0. The molecular weight excluding hydrogens is 780 g/mol. The molecule has 3 aromatic heterocycles. The molecule has 0 atom stereocenters. The Morgan fingerprint density at radius 1 is 0.500 bits per heavy atom. The van der Waals surface area contributed by atoms with Gasteiger partial charge in [0.2, 0.25) is 0 Å². The van der Waals surface area contributed by atoms with Gasteiger partial charge in [-0.05, 0) is 79.8 Å². The van der Waals surface area contributed by atoms with E-state index in [-0.39, 0.29) is 41.2 Å². The molecule has 0 fully saturated rings. The molecule has 8 bridgehead atoms. The van der Waals surface area contributed by atoms with E-state index in [0.29, 0.717) is 0 Å². The summed E-state index contributed by atoms with van der Waals surface area (Å²) in [5, 5.41) is 0. The van der Waals surface area contributed by atoms with Gasteiger partial charge in [-0.3, -0.25) is 0 Å². The zero-order valence-corrected chi connectivity index (χ0v) is 24.7. The van der Waals surface area contributed by atoms with Gasteiger partial charge in [-0.25, -0.2) is 9.97 Å². The van der Waals surface area contributed by atoms with Crippen LogP contribution in [0.3, 0.4) is 0 Å². The third-order valence-corrected chi connectivity index (χ3v) is 6.60. The predicted octanol–water partition coefficient (Wildman–Crippen LogP) is 6.90. The molecule has 0 amide bonds. The van der Waals surface area contributed by atoms with Gasteiger partial charge in [0.15, 0.2) is 0 Å². The molecule has 2 N–H and O–H groups in total. The Kier molecular flexibility index (Phi) is 8.68. The number of hydrogen-bond acceptors (Lipinski definition) is 2. The molecule has 2 aliphatic rings. The standard InChI is InChI=1S/C28H30N4.Ir.Pt/c1-5-17-21-9-11-23(29-21)18(6-2)25-13-15-27(31-25)20(8-4)28-16-14-26(32-28)19(7-3)24-12-10-22(17)30-24;;/h9-16,29-30H,5-8H2,1-4H3;;. The normalized spacial score (nSPS) is 11.9. The minimum Gasteiger partial charge on any atom is -0.355 e. The molecular formula is C28H30IrN4Pt. The van der Waals surface area contributed by atoms with Gasteiger partial charge in [-0.1, -0.05) is 27.7 Å². The zero-order chi connectivity index (χ0) is 22.2. The second-order valence-corrected chi connectivity index (χ2v) is 8.33. The molecule has 34 heavy (non-hydrogen) atoms. The summed E-state index contributed by atoms with van der Waals surface area (Å²) in [6, 6.07) is 8.79. The Hall–Kier alpha value is -2.06. The molecule has 0 aromatic carbocycles. The van der Waals surface area contributed by atoms with Gasteiger partial charge in [0, 0.05) is 79.9 Å². The van der Waals surface area contributed by atoms with E-state index < -0.39 is 0 Å². The minimum absolute atomic E-state index is 0. The molecule has 0 unspecified atom stereocenters. The van der Waals surface area contributed by atoms with Gasteiger partial charge in [-0.15, -0.1) is 0 Å². The molecule has 0 saturated carbocycles. The number of nitrogens with one attached hydrogen (secondary N) is 2. The fourth-order valence-electron chi connectivity index (χ4n) is 4.93. The van der Waals surface area contributed by atoms with Crippen LogP contribution in [0.15, 0.2) is 24.3 Å². The van der Waals surface area contributed by atoms with Crippen LogP contribution in [-0.4, -0.2) is 19.9 Å². The van der Waals surface area contributed by atoms with Gasteiger partial charge in [0.25, 0.3) is 0 Å². The summed E-state index contributed by atoms with van der Waals surface area (Å²) in [7, 11) is 0. The monoisotopic (exact) mass is 810 g/mol. The summed E-state index contributed by atoms with van der Waals surface area (Å²) < 4.78 is 0. The smallest absolute Gasteiger partial charge is 0.0691 e. The van der Waals surface area contributed by atoms with Crippen LogP contribution in [0.25, 0.3) is 46.4 Å². The zero-order valence-electron chi connectivity index (χ0n) is 20.0. The first kappa shape index (κ1) is 26.5. The molecule has 4 nitrogen and oxygen atoms in total. The molecule has 0 spiro atoms. The van der Waals surface area contributed by atoms with Crippen LogP contribution in [0, 0.1) is 0 Å². The van der Waals surface area contributed by atoms with Gasteiger partial charge in [0.05, 0.1) is 22.8 Å². The fourth-order valence-corrected chi connectivity index (χ4v) is 4.93. The maximum atomic E-state index is 5.05. The van der Waals surface area contributed by atoms with Crippen molar-refractivity contribution in [2.75, 3.05) is 0 Å². The summed E-state index contributed by atoms with van der Waals surface area (Å²) >= 11 is 0. The second kappa shape index (κ2) is 11.1. The van der Waals surface area contributed by atoms with E-state index in [4.69, 9.17) is 9.97 Å². The number of aryl methyl sites for hydroxylation is 3. The predicted molar refractivity (Wildman–Crippen MR) is 136 cm³/mol. The van der Waals surface area contributed by atoms with Crippen LogP contribution >= 0.6 is 0 Å². The molecule has 0 saturated heterocycles. The summed E-state index contributed by atoms with van der Waals surface area (Å²) in [6.07, 6.45) is 12.3. The summed E-state index contributed by atoms with van der Waals surface area (Å²) in [6.45, 7) is 8.78. The molecule has 1 radical (unpaired) electrons. The van der Waals surface area contributed by atoms with Gasteiger partial charge in [0.1, 0.15) is 0 Å². The van der Waals surface area contributed by atoms with E-state index in [1.165, 1.54) is 22.3 Å². The maximum Gasteiger partial charge on any atom is 0.0691 e. The molecule has 2 aliphatic heterocycles. The Morgan fingerprint density at radius 3 is 1.12 bits per heavy atom. The Morgan fingerprint density at radius 2 is 0.794 bits per heavy atom. The van der Waals surface area contributed by atoms with E-state index in [1.54, 1.807) is 0 Å². The van der Waals surface area contributed by atoms with Crippen LogP contribution < -0.4 is 0 Å². The number of aromatic amines is 2. The molecule has 5 heterocycles. The van der Waals surface area contributed by atoms with Crippen LogP contribution in [0.5, 0.6) is 0 Å². The van der Waals surface area contributed by atoms with Crippen molar-refractivity contribution in [2.45, 2.75) is 53.4 Å². The van der Waals surface area contributed by atoms with Crippen molar-refractivity contribution in [1.82, 2.24) is 19.9 Å². The average molecular weight is 810 g/mol. The number of hydrogen-bond donors (Lipinski definition) is 2. The molecule has 3 aromatic rings. The SMILES string of the molecule is CCc1c2nc(c(CC)c3ccc([nH]3)c(CC)c3ccc([nH]3)c(CC)c3nc1C=C3)C=C2.[Ir].[Pt]. The number of aromatic nitrogens is 4. The largest absolute Gasteiger partial charge is 0.355 e. The fraction of sp³-hybridized carbons (Fsp3) is 0.286. The second-order valence-electron chi connectivity index (χ2n) is 8.33. The molecule has 6 heteroatoms. The summed E-state index contributed by atoms with van der Waals surface area (Å²) in [4.78, 5) is 17.5. The van der Waals surface area contributed by atoms with E-state index in [1.807, 2.05) is 0 Å². The van der Waals surface area contributed by atoms with E-state index in [2.05, 4.69) is 86.2 Å². The van der Waals surface area contributed by atoms with Gasteiger partial charge >= 0.3 is 0 Å². The Labute approximate surface area is 229 Å². The van der Waals surface area contributed by atoms with E-state index in [0.717, 1.165) is 70.5 Å². The Bertz CT molecular complexity index is 1320. The molecule has 0 aliphatic carbocycles. The Balaban J connectivity index is 0.00000162. The number of nitrogens with zero attached hydrogens (tertiary/aromatic N) is 2. The van der Waals surface area contributed by atoms with Crippen molar-refractivity contribution in [1.29, 1.82) is 0 Å². The first-order valence-electron chi connectivity index (χ1n) is 11.8. The van der Waals surface area contributed by atoms with Crippen molar-refractivity contribution in [3.63, 3.8) is 0 Å². The van der Waals surface area contributed by atoms with Crippen molar-refractivity contribution in [2.24, 2.45) is 0 Å². The van der Waals surface area contributed by atoms with Crippen molar-refractivity contribution < 1.29 is 41.2 Å². The number of rotatable bonds is 4. The van der Waals surface area contributed by atoms with Crippen molar-refractivity contribution in [3.05, 3.63) is 69.3 Å². The van der Waals surface area contributed by atoms with Crippen LogP contribution in [-0.2, 0) is 66.9 Å². The first-order valence-corrected chi connectivity index (χ1v) is 11.8. The minimum atomic E-state index is 0. The average Bonchev–Trinajstić information content (AvgIpc) is 3.59. The van der Waals surface area contributed by atoms with Crippen LogP contribution in [0.1, 0.15) is 72.7 Å². The van der Waals surface area contributed by atoms with Crippen LogP contribution in [0.4, 0.5) is 0 Å². The topological polar surface area (TPSA) is 57.4 Å². The first-order chi connectivity index (χ1) is 15.7. The third kappa shape index (κ3) is 4.59. The van der Waals surface area contributed by atoms with Gasteiger partial charge in [-0.2, -0.15) is 0 Å². The van der Waals surface area contributed by atoms with Gasteiger partial charge < -0.3 is 9.97 Å². The molecule has 181 valence electrons. The van der Waals surface area contributed by atoms with Crippen molar-refractivity contribution in [3.8, 4) is 0 Å². The maximum absolute atomic E-state index is 5.05. The molecule has 5 rings (SSSR count).